The van der Waals surface area contributed by atoms with Crippen LogP contribution in [0.5, 0.6) is 0 Å². The van der Waals surface area contributed by atoms with Crippen LogP contribution < -0.4 is 10.6 Å². The highest BCUT2D eigenvalue weighted by atomic mass is 32.2. The molecule has 0 saturated heterocycles. The molecular formula is C19H28N4O3S2. The third-order valence-corrected chi connectivity index (χ3v) is 6.82. The van der Waals surface area contributed by atoms with Crippen LogP contribution in [0.2, 0.25) is 0 Å². The lowest BCUT2D eigenvalue weighted by atomic mass is 9.99. The van der Waals surface area contributed by atoms with Crippen LogP contribution in [-0.4, -0.2) is 51.0 Å². The Bertz CT molecular complexity index is 892. The van der Waals surface area contributed by atoms with E-state index in [9.17, 15) is 13.5 Å². The molecule has 0 amide bonds. The van der Waals surface area contributed by atoms with Gasteiger partial charge >= 0.3 is 0 Å². The van der Waals surface area contributed by atoms with Crippen LogP contribution in [-0.2, 0) is 22.2 Å². The number of aliphatic hydroxyl groups is 1. The number of aliphatic imine (C=N–C) groups is 1. The lowest BCUT2D eigenvalue weighted by Crippen LogP contribution is -2.44. The molecule has 9 heteroatoms. The number of hydrogen-bond donors (Lipinski definition) is 3. The highest BCUT2D eigenvalue weighted by Crippen LogP contribution is 2.22. The first-order valence-corrected chi connectivity index (χ1v) is 11.3. The number of nitrogens with one attached hydrogen (secondary N) is 2. The molecule has 0 aliphatic carbocycles. The summed E-state index contributed by atoms with van der Waals surface area (Å²) in [7, 11) is -0.534. The van der Waals surface area contributed by atoms with E-state index < -0.39 is 15.6 Å². The smallest absolute Gasteiger partial charge is 0.242 e. The Kier molecular flexibility index (Phi) is 7.59. The van der Waals surface area contributed by atoms with Gasteiger partial charge in [-0.2, -0.15) is 11.3 Å². The van der Waals surface area contributed by atoms with Crippen molar-refractivity contribution >= 4 is 27.3 Å². The molecule has 1 aromatic heterocycles. The van der Waals surface area contributed by atoms with Gasteiger partial charge < -0.3 is 15.7 Å². The monoisotopic (exact) mass is 424 g/mol. The van der Waals surface area contributed by atoms with E-state index in [1.807, 2.05) is 23.8 Å². The molecule has 3 N–H and O–H groups in total. The first kappa shape index (κ1) is 22.4. The summed E-state index contributed by atoms with van der Waals surface area (Å²) >= 11 is 1.53. The average Bonchev–Trinajstić information content (AvgIpc) is 3.20. The van der Waals surface area contributed by atoms with Crippen LogP contribution in [0, 0.1) is 0 Å². The summed E-state index contributed by atoms with van der Waals surface area (Å²) in [4.78, 5) is 4.75. The van der Waals surface area contributed by atoms with Crippen molar-refractivity contribution in [3.8, 4) is 0 Å². The molecule has 2 aromatic rings. The van der Waals surface area contributed by atoms with Gasteiger partial charge in [-0.05, 0) is 47.9 Å². The fourth-order valence-corrected chi connectivity index (χ4v) is 4.41. The standard InChI is InChI=1S/C19H28N4O3S2/c1-5-20-18(22-14-19(2,24)16-10-11-27-13-16)21-12-15-8-6-7-9-17(15)28(25,26)23(3)4/h6-11,13,24H,5,12,14H2,1-4H3,(H2,20,21,22). The van der Waals surface area contributed by atoms with E-state index in [4.69, 9.17) is 0 Å². The molecule has 0 fully saturated rings. The molecule has 1 unspecified atom stereocenters. The van der Waals surface area contributed by atoms with Crippen molar-refractivity contribution in [2.75, 3.05) is 27.2 Å². The molecule has 1 atom stereocenters. The summed E-state index contributed by atoms with van der Waals surface area (Å²) in [5, 5.41) is 20.8. The van der Waals surface area contributed by atoms with Crippen molar-refractivity contribution < 1.29 is 13.5 Å². The lowest BCUT2D eigenvalue weighted by molar-refractivity contribution is 0.0621. The highest BCUT2D eigenvalue weighted by molar-refractivity contribution is 7.89. The largest absolute Gasteiger partial charge is 0.384 e. The van der Waals surface area contributed by atoms with Crippen LogP contribution >= 0.6 is 11.3 Å². The Morgan fingerprint density at radius 2 is 1.96 bits per heavy atom. The molecule has 0 aliphatic heterocycles. The predicted octanol–water partition coefficient (Wildman–Crippen LogP) is 1.96. The molecule has 2 rings (SSSR count). The molecule has 0 bridgehead atoms. The van der Waals surface area contributed by atoms with E-state index in [-0.39, 0.29) is 18.0 Å². The first-order valence-electron chi connectivity index (χ1n) is 8.96. The van der Waals surface area contributed by atoms with Crippen LogP contribution in [0.15, 0.2) is 51.0 Å². The summed E-state index contributed by atoms with van der Waals surface area (Å²) in [6.45, 7) is 4.79. The van der Waals surface area contributed by atoms with Gasteiger partial charge in [0.1, 0.15) is 5.60 Å². The summed E-state index contributed by atoms with van der Waals surface area (Å²) in [5.41, 5.74) is 0.406. The number of thiophene rings is 1. The van der Waals surface area contributed by atoms with Crippen molar-refractivity contribution in [3.63, 3.8) is 0 Å². The highest BCUT2D eigenvalue weighted by Gasteiger charge is 2.24. The molecule has 154 valence electrons. The van der Waals surface area contributed by atoms with E-state index in [2.05, 4.69) is 15.6 Å². The van der Waals surface area contributed by atoms with Gasteiger partial charge in [0, 0.05) is 20.6 Å². The van der Waals surface area contributed by atoms with Crippen molar-refractivity contribution in [1.29, 1.82) is 0 Å². The second kappa shape index (κ2) is 9.51. The number of benzene rings is 1. The zero-order valence-electron chi connectivity index (χ0n) is 16.6. The Hall–Kier alpha value is -1.94. The third kappa shape index (κ3) is 5.54. The molecule has 7 nitrogen and oxygen atoms in total. The third-order valence-electron chi connectivity index (χ3n) is 4.23. The summed E-state index contributed by atoms with van der Waals surface area (Å²) < 4.78 is 26.2. The quantitative estimate of drug-likeness (QED) is 0.445. The predicted molar refractivity (Wildman–Crippen MR) is 114 cm³/mol. The van der Waals surface area contributed by atoms with Gasteiger partial charge in [0.15, 0.2) is 5.96 Å². The van der Waals surface area contributed by atoms with Crippen molar-refractivity contribution in [2.45, 2.75) is 30.9 Å². The molecule has 0 radical (unpaired) electrons. The minimum Gasteiger partial charge on any atom is -0.384 e. The van der Waals surface area contributed by atoms with Gasteiger partial charge in [0.25, 0.3) is 0 Å². The van der Waals surface area contributed by atoms with Gasteiger partial charge in [-0.1, -0.05) is 18.2 Å². The maximum atomic E-state index is 12.5. The van der Waals surface area contributed by atoms with Crippen LogP contribution in [0.1, 0.15) is 25.0 Å². The number of guanidine groups is 1. The Balaban J connectivity index is 2.18. The maximum Gasteiger partial charge on any atom is 0.242 e. The Morgan fingerprint density at radius 3 is 2.57 bits per heavy atom. The van der Waals surface area contributed by atoms with Crippen LogP contribution in [0.3, 0.4) is 0 Å². The molecule has 1 aromatic carbocycles. The maximum absolute atomic E-state index is 12.5. The molecule has 0 spiro atoms. The minimum atomic E-state index is -3.55. The Morgan fingerprint density at radius 1 is 1.25 bits per heavy atom. The normalized spacial score (nSPS) is 14.7. The van der Waals surface area contributed by atoms with Gasteiger partial charge in [-0.15, -0.1) is 0 Å². The SMILES string of the molecule is CCNC(=NCc1ccccc1S(=O)(=O)N(C)C)NCC(C)(O)c1ccsc1. The summed E-state index contributed by atoms with van der Waals surface area (Å²) in [5.74, 6) is 0.509. The van der Waals surface area contributed by atoms with Crippen LogP contribution in [0.25, 0.3) is 0 Å². The van der Waals surface area contributed by atoms with Crippen molar-refractivity contribution in [3.05, 3.63) is 52.2 Å². The van der Waals surface area contributed by atoms with Gasteiger partial charge in [0.05, 0.1) is 18.0 Å². The second-order valence-electron chi connectivity index (χ2n) is 6.73. The van der Waals surface area contributed by atoms with Crippen LogP contribution in [0.4, 0.5) is 0 Å². The number of rotatable bonds is 8. The van der Waals surface area contributed by atoms with E-state index in [1.165, 1.54) is 29.7 Å². The van der Waals surface area contributed by atoms with Gasteiger partial charge in [0.2, 0.25) is 10.0 Å². The number of sulfonamides is 1. The molecular weight excluding hydrogens is 396 g/mol. The zero-order chi connectivity index (χ0) is 20.8. The van der Waals surface area contributed by atoms with E-state index in [0.29, 0.717) is 18.1 Å². The van der Waals surface area contributed by atoms with E-state index >= 15 is 0 Å². The van der Waals surface area contributed by atoms with Crippen molar-refractivity contribution in [2.24, 2.45) is 4.99 Å². The zero-order valence-corrected chi connectivity index (χ0v) is 18.3. The topological polar surface area (TPSA) is 94.0 Å². The van der Waals surface area contributed by atoms with E-state index in [1.54, 1.807) is 31.2 Å². The fraction of sp³-hybridized carbons (Fsp3) is 0.421. The molecule has 0 saturated carbocycles. The summed E-state index contributed by atoms with van der Waals surface area (Å²) in [6, 6.07) is 8.72. The van der Waals surface area contributed by atoms with Gasteiger partial charge in [-0.25, -0.2) is 17.7 Å². The molecule has 28 heavy (non-hydrogen) atoms. The second-order valence-corrected chi connectivity index (χ2v) is 9.63. The van der Waals surface area contributed by atoms with Crippen molar-refractivity contribution in [1.82, 2.24) is 14.9 Å². The van der Waals surface area contributed by atoms with Gasteiger partial charge in [-0.3, -0.25) is 0 Å². The number of nitrogens with zero attached hydrogens (tertiary/aromatic N) is 2. The molecule has 1 heterocycles. The summed E-state index contributed by atoms with van der Waals surface area (Å²) in [6.07, 6.45) is 0. The number of hydrogen-bond acceptors (Lipinski definition) is 5. The average molecular weight is 425 g/mol. The first-order chi connectivity index (χ1) is 13.2. The van der Waals surface area contributed by atoms with E-state index in [0.717, 1.165) is 5.56 Å². The minimum absolute atomic E-state index is 0.194. The lowest BCUT2D eigenvalue weighted by Gasteiger charge is -2.24. The Labute approximate surface area is 171 Å². The fourth-order valence-electron chi connectivity index (χ4n) is 2.52. The molecule has 0 aliphatic rings.